The first-order chi connectivity index (χ1) is 10.1. The summed E-state index contributed by atoms with van der Waals surface area (Å²) in [5.41, 5.74) is 3.07. The number of para-hydroxylation sites is 1. The third kappa shape index (κ3) is 4.09. The monoisotopic (exact) mass is 283 g/mol. The Kier molecular flexibility index (Phi) is 4.99. The molecular weight excluding hydrogens is 262 g/mol. The standard InChI is InChI=1S/C18H21NO2/c1-4-17(21-15-8-6-5-7-9-15)18(20)19-16-11-10-13(2)12-14(16)3/h5-12,17H,4H2,1-3H3,(H,19,20)/t17-/m0/s1. The summed E-state index contributed by atoms with van der Waals surface area (Å²) in [5, 5.41) is 2.94. The average Bonchev–Trinajstić information content (AvgIpc) is 2.48. The molecule has 110 valence electrons. The number of anilines is 1. The fourth-order valence-electron chi connectivity index (χ4n) is 2.15. The van der Waals surface area contributed by atoms with E-state index >= 15 is 0 Å². The van der Waals surface area contributed by atoms with Crippen LogP contribution in [0.4, 0.5) is 5.69 Å². The second-order valence-corrected chi connectivity index (χ2v) is 5.14. The number of hydrogen-bond acceptors (Lipinski definition) is 2. The minimum absolute atomic E-state index is 0.117. The molecule has 0 bridgehead atoms. The molecule has 0 aromatic heterocycles. The molecule has 2 rings (SSSR count). The van der Waals surface area contributed by atoms with E-state index in [4.69, 9.17) is 4.74 Å². The zero-order valence-electron chi connectivity index (χ0n) is 12.7. The first-order valence-corrected chi connectivity index (χ1v) is 7.20. The lowest BCUT2D eigenvalue weighted by molar-refractivity contribution is -0.122. The van der Waals surface area contributed by atoms with Gasteiger partial charge in [0, 0.05) is 5.69 Å². The number of amides is 1. The third-order valence-corrected chi connectivity index (χ3v) is 3.32. The van der Waals surface area contributed by atoms with Crippen molar-refractivity contribution in [3.63, 3.8) is 0 Å². The van der Waals surface area contributed by atoms with Gasteiger partial charge in [-0.25, -0.2) is 0 Å². The number of aryl methyl sites for hydroxylation is 2. The highest BCUT2D eigenvalue weighted by atomic mass is 16.5. The second-order valence-electron chi connectivity index (χ2n) is 5.14. The van der Waals surface area contributed by atoms with Crippen LogP contribution in [-0.2, 0) is 4.79 Å². The maximum Gasteiger partial charge on any atom is 0.265 e. The first-order valence-electron chi connectivity index (χ1n) is 7.20. The van der Waals surface area contributed by atoms with Crippen LogP contribution >= 0.6 is 0 Å². The van der Waals surface area contributed by atoms with Gasteiger partial charge in [0.2, 0.25) is 0 Å². The maximum absolute atomic E-state index is 12.3. The number of rotatable bonds is 5. The molecule has 0 aliphatic heterocycles. The minimum Gasteiger partial charge on any atom is -0.481 e. The molecule has 1 amide bonds. The van der Waals surface area contributed by atoms with E-state index in [2.05, 4.69) is 11.4 Å². The van der Waals surface area contributed by atoms with Crippen molar-refractivity contribution in [2.24, 2.45) is 0 Å². The van der Waals surface area contributed by atoms with Crippen LogP contribution < -0.4 is 10.1 Å². The Bertz CT molecular complexity index is 608. The molecule has 0 aliphatic carbocycles. The van der Waals surface area contributed by atoms with Gasteiger partial charge in [-0.05, 0) is 44.0 Å². The fourth-order valence-corrected chi connectivity index (χ4v) is 2.15. The van der Waals surface area contributed by atoms with Crippen LogP contribution in [-0.4, -0.2) is 12.0 Å². The van der Waals surface area contributed by atoms with E-state index in [-0.39, 0.29) is 5.91 Å². The molecule has 0 radical (unpaired) electrons. The summed E-state index contributed by atoms with van der Waals surface area (Å²) in [6.45, 7) is 5.96. The van der Waals surface area contributed by atoms with Crippen molar-refractivity contribution in [2.75, 3.05) is 5.32 Å². The number of carbonyl (C=O) groups is 1. The van der Waals surface area contributed by atoms with Crippen LogP contribution in [0.2, 0.25) is 0 Å². The predicted molar refractivity (Wildman–Crippen MR) is 85.7 cm³/mol. The lowest BCUT2D eigenvalue weighted by Gasteiger charge is -2.18. The van der Waals surface area contributed by atoms with Gasteiger partial charge < -0.3 is 10.1 Å². The van der Waals surface area contributed by atoms with Crippen LogP contribution in [0.1, 0.15) is 24.5 Å². The summed E-state index contributed by atoms with van der Waals surface area (Å²) in [6.07, 6.45) is 0.124. The zero-order valence-corrected chi connectivity index (χ0v) is 12.7. The SMILES string of the molecule is CC[C@H](Oc1ccccc1)C(=O)Nc1ccc(C)cc1C. The fraction of sp³-hybridized carbons (Fsp3) is 0.278. The number of hydrogen-bond donors (Lipinski definition) is 1. The van der Waals surface area contributed by atoms with Gasteiger partial charge in [-0.1, -0.05) is 42.8 Å². The van der Waals surface area contributed by atoms with Crippen molar-refractivity contribution in [3.8, 4) is 5.75 Å². The third-order valence-electron chi connectivity index (χ3n) is 3.32. The number of benzene rings is 2. The van der Waals surface area contributed by atoms with Crippen LogP contribution in [0.25, 0.3) is 0 Å². The van der Waals surface area contributed by atoms with Crippen molar-refractivity contribution in [1.29, 1.82) is 0 Å². The van der Waals surface area contributed by atoms with Gasteiger partial charge in [0.15, 0.2) is 6.10 Å². The second kappa shape index (κ2) is 6.93. The van der Waals surface area contributed by atoms with E-state index in [9.17, 15) is 4.79 Å². The molecule has 0 aliphatic rings. The molecule has 0 heterocycles. The van der Waals surface area contributed by atoms with Gasteiger partial charge >= 0.3 is 0 Å². The molecule has 21 heavy (non-hydrogen) atoms. The molecule has 1 atom stereocenters. The molecule has 0 fully saturated rings. The summed E-state index contributed by atoms with van der Waals surface area (Å²) >= 11 is 0. The highest BCUT2D eigenvalue weighted by molar-refractivity contribution is 5.95. The summed E-state index contributed by atoms with van der Waals surface area (Å²) < 4.78 is 5.75. The van der Waals surface area contributed by atoms with Crippen molar-refractivity contribution in [2.45, 2.75) is 33.3 Å². The number of ether oxygens (including phenoxy) is 1. The summed E-state index contributed by atoms with van der Waals surface area (Å²) in [7, 11) is 0. The largest absolute Gasteiger partial charge is 0.481 e. The summed E-state index contributed by atoms with van der Waals surface area (Å²) in [6, 6.07) is 15.4. The topological polar surface area (TPSA) is 38.3 Å². The molecule has 2 aromatic carbocycles. The number of nitrogens with one attached hydrogen (secondary N) is 1. The molecule has 1 N–H and O–H groups in total. The molecule has 0 saturated heterocycles. The van der Waals surface area contributed by atoms with Gasteiger partial charge in [-0.15, -0.1) is 0 Å². The van der Waals surface area contributed by atoms with Gasteiger partial charge in [0.1, 0.15) is 5.75 Å². The highest BCUT2D eigenvalue weighted by Crippen LogP contribution is 2.18. The van der Waals surface area contributed by atoms with Gasteiger partial charge in [0.25, 0.3) is 5.91 Å². The van der Waals surface area contributed by atoms with Crippen LogP contribution in [0.5, 0.6) is 5.75 Å². The van der Waals surface area contributed by atoms with E-state index in [1.54, 1.807) is 0 Å². The number of carbonyl (C=O) groups excluding carboxylic acids is 1. The lowest BCUT2D eigenvalue weighted by Crippen LogP contribution is -2.32. The van der Waals surface area contributed by atoms with Crippen molar-refractivity contribution in [1.82, 2.24) is 0 Å². The van der Waals surface area contributed by atoms with Crippen molar-refractivity contribution in [3.05, 3.63) is 59.7 Å². The van der Waals surface area contributed by atoms with Gasteiger partial charge in [-0.2, -0.15) is 0 Å². The highest BCUT2D eigenvalue weighted by Gasteiger charge is 2.19. The van der Waals surface area contributed by atoms with Gasteiger partial charge in [-0.3, -0.25) is 4.79 Å². The summed E-state index contributed by atoms with van der Waals surface area (Å²) in [4.78, 5) is 12.3. The van der Waals surface area contributed by atoms with Crippen LogP contribution in [0.15, 0.2) is 48.5 Å². The van der Waals surface area contributed by atoms with Crippen molar-refractivity contribution >= 4 is 11.6 Å². The summed E-state index contributed by atoms with van der Waals surface area (Å²) in [5.74, 6) is 0.591. The van der Waals surface area contributed by atoms with Gasteiger partial charge in [0.05, 0.1) is 0 Å². The van der Waals surface area contributed by atoms with E-state index in [0.717, 1.165) is 11.3 Å². The van der Waals surface area contributed by atoms with E-state index in [1.807, 2.05) is 63.2 Å². The van der Waals surface area contributed by atoms with E-state index in [1.165, 1.54) is 5.56 Å². The smallest absolute Gasteiger partial charge is 0.265 e. The normalized spacial score (nSPS) is 11.8. The Morgan fingerprint density at radius 3 is 2.48 bits per heavy atom. The predicted octanol–water partition coefficient (Wildman–Crippen LogP) is 4.10. The average molecular weight is 283 g/mol. The van der Waals surface area contributed by atoms with E-state index in [0.29, 0.717) is 12.2 Å². The van der Waals surface area contributed by atoms with Crippen LogP contribution in [0, 0.1) is 13.8 Å². The Balaban J connectivity index is 2.06. The molecular formula is C18H21NO2. The molecule has 3 nitrogen and oxygen atoms in total. The van der Waals surface area contributed by atoms with Crippen LogP contribution in [0.3, 0.4) is 0 Å². The molecule has 0 saturated carbocycles. The molecule has 2 aromatic rings. The Labute approximate surface area is 126 Å². The quantitative estimate of drug-likeness (QED) is 0.897. The van der Waals surface area contributed by atoms with Crippen molar-refractivity contribution < 1.29 is 9.53 Å². The maximum atomic E-state index is 12.3. The minimum atomic E-state index is -0.492. The lowest BCUT2D eigenvalue weighted by atomic mass is 10.1. The Morgan fingerprint density at radius 1 is 1.14 bits per heavy atom. The molecule has 0 unspecified atom stereocenters. The zero-order chi connectivity index (χ0) is 15.2. The van der Waals surface area contributed by atoms with E-state index < -0.39 is 6.10 Å². The Morgan fingerprint density at radius 2 is 1.86 bits per heavy atom. The molecule has 0 spiro atoms. The first kappa shape index (κ1) is 15.1. The Hall–Kier alpha value is -2.29. The molecule has 3 heteroatoms.